The van der Waals surface area contributed by atoms with E-state index in [1.165, 1.54) is 24.3 Å². The lowest BCUT2D eigenvalue weighted by Gasteiger charge is -2.09. The number of halogens is 3. The number of carbonyl (C=O) groups excluding carboxylic acids is 1. The molecule has 0 aliphatic carbocycles. The molecule has 3 rings (SSSR count). The summed E-state index contributed by atoms with van der Waals surface area (Å²) in [5.74, 6) is -4.51. The molecular formula is C18H15F3N4O3S2. The molecule has 0 spiro atoms. The molecular weight excluding hydrogens is 441 g/mol. The van der Waals surface area contributed by atoms with E-state index in [9.17, 15) is 26.4 Å². The summed E-state index contributed by atoms with van der Waals surface area (Å²) in [5, 5.41) is 10.2. The minimum Gasteiger partial charge on any atom is -0.296 e. The number of anilines is 1. The van der Waals surface area contributed by atoms with Gasteiger partial charge in [-0.3, -0.25) is 10.1 Å². The molecule has 1 amide bonds. The molecule has 30 heavy (non-hydrogen) atoms. The van der Waals surface area contributed by atoms with E-state index in [1.807, 2.05) is 0 Å². The molecule has 2 aromatic carbocycles. The van der Waals surface area contributed by atoms with Gasteiger partial charge in [-0.25, -0.2) is 26.3 Å². The van der Waals surface area contributed by atoms with Gasteiger partial charge in [-0.15, -0.1) is 10.2 Å². The first-order valence-electron chi connectivity index (χ1n) is 8.60. The summed E-state index contributed by atoms with van der Waals surface area (Å²) in [7, 11) is -4.12. The largest absolute Gasteiger partial charge is 0.296 e. The van der Waals surface area contributed by atoms with Crippen LogP contribution in [0.3, 0.4) is 0 Å². The van der Waals surface area contributed by atoms with Crippen LogP contribution in [0.15, 0.2) is 41.3 Å². The number of nitrogens with zero attached hydrogens (tertiary/aromatic N) is 2. The molecule has 0 unspecified atom stereocenters. The molecule has 0 aliphatic rings. The van der Waals surface area contributed by atoms with Crippen LogP contribution < -0.4 is 10.0 Å². The van der Waals surface area contributed by atoms with E-state index in [-0.39, 0.29) is 11.7 Å². The third-order valence-corrected chi connectivity index (χ3v) is 6.16. The molecule has 0 bridgehead atoms. The van der Waals surface area contributed by atoms with Crippen LogP contribution in [-0.4, -0.2) is 31.1 Å². The van der Waals surface area contributed by atoms with E-state index in [4.69, 9.17) is 0 Å². The molecule has 7 nitrogen and oxygen atoms in total. The normalized spacial score (nSPS) is 11.5. The number of hydrogen-bond acceptors (Lipinski definition) is 6. The van der Waals surface area contributed by atoms with E-state index in [1.54, 1.807) is 6.92 Å². The van der Waals surface area contributed by atoms with Crippen LogP contribution in [0, 0.1) is 17.5 Å². The Morgan fingerprint density at radius 3 is 2.47 bits per heavy atom. The van der Waals surface area contributed by atoms with Crippen LogP contribution in [0.5, 0.6) is 0 Å². The summed E-state index contributed by atoms with van der Waals surface area (Å²) in [4.78, 5) is 11.8. The molecule has 158 valence electrons. The summed E-state index contributed by atoms with van der Waals surface area (Å²) >= 11 is 0.922. The van der Waals surface area contributed by atoms with Crippen molar-refractivity contribution in [3.05, 3.63) is 59.4 Å². The monoisotopic (exact) mass is 456 g/mol. The molecule has 3 aromatic rings. The zero-order chi connectivity index (χ0) is 21.9. The standard InChI is InChI=1S/C18H15F3N4O3S2/c1-2-7-22-30(27,28)12-8-13(15(21)14(20)9-12)16(26)23-18-25-24-17(29-18)10-3-5-11(19)6-4-10/h3-6,8-9,22H,2,7H2,1H3,(H,23,25,26). The molecule has 0 aliphatic heterocycles. The van der Waals surface area contributed by atoms with Crippen molar-refractivity contribution in [3.63, 3.8) is 0 Å². The lowest BCUT2D eigenvalue weighted by Crippen LogP contribution is -2.25. The summed E-state index contributed by atoms with van der Waals surface area (Å²) in [6.07, 6.45) is 0.490. The van der Waals surface area contributed by atoms with Crippen LogP contribution in [0.25, 0.3) is 10.6 Å². The van der Waals surface area contributed by atoms with Crippen molar-refractivity contribution in [1.29, 1.82) is 0 Å². The van der Waals surface area contributed by atoms with Crippen molar-refractivity contribution in [2.45, 2.75) is 18.2 Å². The quantitative estimate of drug-likeness (QED) is 0.566. The van der Waals surface area contributed by atoms with E-state index < -0.39 is 43.8 Å². The molecule has 0 fully saturated rings. The summed E-state index contributed by atoms with van der Waals surface area (Å²) in [6.45, 7) is 1.83. The van der Waals surface area contributed by atoms with Gasteiger partial charge < -0.3 is 0 Å². The Bertz CT molecular complexity index is 1180. The average Bonchev–Trinajstić information content (AvgIpc) is 3.17. The topological polar surface area (TPSA) is 101 Å². The van der Waals surface area contributed by atoms with Gasteiger partial charge in [0.15, 0.2) is 11.6 Å². The van der Waals surface area contributed by atoms with Gasteiger partial charge in [0.05, 0.1) is 10.5 Å². The molecule has 0 atom stereocenters. The van der Waals surface area contributed by atoms with Gasteiger partial charge in [0.25, 0.3) is 5.91 Å². The highest BCUT2D eigenvalue weighted by molar-refractivity contribution is 7.89. The Hall–Kier alpha value is -2.83. The highest BCUT2D eigenvalue weighted by Crippen LogP contribution is 2.27. The molecule has 0 saturated heterocycles. The van der Waals surface area contributed by atoms with Crippen LogP contribution >= 0.6 is 11.3 Å². The van der Waals surface area contributed by atoms with Gasteiger partial charge in [-0.2, -0.15) is 0 Å². The van der Waals surface area contributed by atoms with Crippen molar-refractivity contribution in [2.75, 3.05) is 11.9 Å². The fourth-order valence-corrected chi connectivity index (χ4v) is 4.27. The lowest BCUT2D eigenvalue weighted by atomic mass is 10.2. The predicted molar refractivity (Wildman–Crippen MR) is 105 cm³/mol. The SMILES string of the molecule is CCCNS(=O)(=O)c1cc(F)c(F)c(C(=O)Nc2nnc(-c3ccc(F)cc3)s2)c1. The van der Waals surface area contributed by atoms with Gasteiger partial charge >= 0.3 is 0 Å². The van der Waals surface area contributed by atoms with Gasteiger partial charge in [0.1, 0.15) is 10.8 Å². The van der Waals surface area contributed by atoms with E-state index in [0.29, 0.717) is 23.1 Å². The molecule has 1 heterocycles. The van der Waals surface area contributed by atoms with Crippen molar-refractivity contribution in [1.82, 2.24) is 14.9 Å². The van der Waals surface area contributed by atoms with Crippen LogP contribution in [0.4, 0.5) is 18.3 Å². The third kappa shape index (κ3) is 4.83. The van der Waals surface area contributed by atoms with Gasteiger partial charge in [-0.05, 0) is 42.8 Å². The Kier molecular flexibility index (Phi) is 6.48. The number of aromatic nitrogens is 2. The lowest BCUT2D eigenvalue weighted by molar-refractivity contribution is 0.102. The number of carbonyl (C=O) groups is 1. The maximum absolute atomic E-state index is 14.2. The van der Waals surface area contributed by atoms with Gasteiger partial charge in [0.2, 0.25) is 15.2 Å². The molecule has 1 aromatic heterocycles. The second-order valence-corrected chi connectivity index (χ2v) is 8.78. The zero-order valence-corrected chi connectivity index (χ0v) is 17.1. The Morgan fingerprint density at radius 2 is 1.80 bits per heavy atom. The second kappa shape index (κ2) is 8.90. The maximum atomic E-state index is 14.2. The van der Waals surface area contributed by atoms with Gasteiger partial charge in [0, 0.05) is 12.1 Å². The second-order valence-electron chi connectivity index (χ2n) is 6.04. The first-order valence-corrected chi connectivity index (χ1v) is 10.9. The van der Waals surface area contributed by atoms with E-state index >= 15 is 0 Å². The Labute approximate surface area is 174 Å². The van der Waals surface area contributed by atoms with Gasteiger partial charge in [-0.1, -0.05) is 18.3 Å². The number of sulfonamides is 1. The molecule has 2 N–H and O–H groups in total. The van der Waals surface area contributed by atoms with Crippen LogP contribution in [0.1, 0.15) is 23.7 Å². The minimum atomic E-state index is -4.12. The summed E-state index contributed by atoms with van der Waals surface area (Å²) in [6, 6.07) is 6.63. The van der Waals surface area contributed by atoms with Crippen LogP contribution in [0.2, 0.25) is 0 Å². The third-order valence-electron chi connectivity index (χ3n) is 3.84. The number of hydrogen-bond donors (Lipinski definition) is 2. The number of amides is 1. The average molecular weight is 456 g/mol. The summed E-state index contributed by atoms with van der Waals surface area (Å²) in [5.41, 5.74) is -0.257. The van der Waals surface area contributed by atoms with Crippen molar-refractivity contribution >= 4 is 32.4 Å². The number of benzene rings is 2. The summed E-state index contributed by atoms with van der Waals surface area (Å²) < 4.78 is 67.7. The van der Waals surface area contributed by atoms with Crippen molar-refractivity contribution in [2.24, 2.45) is 0 Å². The highest BCUT2D eigenvalue weighted by Gasteiger charge is 2.23. The Morgan fingerprint density at radius 1 is 1.10 bits per heavy atom. The fraction of sp³-hybridized carbons (Fsp3) is 0.167. The van der Waals surface area contributed by atoms with Crippen molar-refractivity contribution < 1.29 is 26.4 Å². The molecule has 12 heteroatoms. The van der Waals surface area contributed by atoms with Crippen molar-refractivity contribution in [3.8, 4) is 10.6 Å². The van der Waals surface area contributed by atoms with Crippen LogP contribution in [-0.2, 0) is 10.0 Å². The molecule has 0 radical (unpaired) electrons. The number of nitrogens with one attached hydrogen (secondary N) is 2. The zero-order valence-electron chi connectivity index (χ0n) is 15.4. The number of rotatable bonds is 7. The minimum absolute atomic E-state index is 0.0310. The predicted octanol–water partition coefficient (Wildman–Crippen LogP) is 3.56. The molecule has 0 saturated carbocycles. The first kappa shape index (κ1) is 21.9. The van der Waals surface area contributed by atoms with E-state index in [2.05, 4.69) is 20.2 Å². The first-order chi connectivity index (χ1) is 14.2. The fourth-order valence-electron chi connectivity index (χ4n) is 2.35. The maximum Gasteiger partial charge on any atom is 0.260 e. The Balaban J connectivity index is 1.86. The smallest absolute Gasteiger partial charge is 0.260 e. The highest BCUT2D eigenvalue weighted by atomic mass is 32.2. The van der Waals surface area contributed by atoms with E-state index in [0.717, 1.165) is 17.4 Å².